The molecule has 0 aliphatic carbocycles. The van der Waals surface area contributed by atoms with Gasteiger partial charge in [-0.15, -0.1) is 11.3 Å². The van der Waals surface area contributed by atoms with E-state index in [1.165, 1.54) is 25.3 Å². The summed E-state index contributed by atoms with van der Waals surface area (Å²) in [7, 11) is 1.53. The van der Waals surface area contributed by atoms with Gasteiger partial charge in [0.05, 0.1) is 23.0 Å². The summed E-state index contributed by atoms with van der Waals surface area (Å²) in [5.41, 5.74) is 2.54. The highest BCUT2D eigenvalue weighted by Gasteiger charge is 2.13. The average molecular weight is 378 g/mol. The zero-order valence-corrected chi connectivity index (χ0v) is 15.2. The van der Waals surface area contributed by atoms with Gasteiger partial charge in [-0.25, -0.2) is 9.37 Å². The first-order chi connectivity index (χ1) is 13.1. The van der Waals surface area contributed by atoms with Gasteiger partial charge < -0.3 is 10.1 Å². The molecule has 134 valence electrons. The van der Waals surface area contributed by atoms with Crippen molar-refractivity contribution in [1.29, 1.82) is 0 Å². The SMILES string of the molecule is COc1ccc(-c2nc3ccccc3s2)cc1NC(=O)c1cccc(F)c1. The van der Waals surface area contributed by atoms with Crippen LogP contribution in [-0.4, -0.2) is 18.0 Å². The van der Waals surface area contributed by atoms with Crippen LogP contribution in [0.1, 0.15) is 10.4 Å². The highest BCUT2D eigenvalue weighted by atomic mass is 32.1. The second-order valence-electron chi connectivity index (χ2n) is 5.87. The first-order valence-electron chi connectivity index (χ1n) is 8.25. The van der Waals surface area contributed by atoms with E-state index in [2.05, 4.69) is 10.3 Å². The Morgan fingerprint density at radius 1 is 1.07 bits per heavy atom. The van der Waals surface area contributed by atoms with E-state index in [0.717, 1.165) is 20.8 Å². The van der Waals surface area contributed by atoms with Gasteiger partial charge in [0.15, 0.2) is 0 Å². The summed E-state index contributed by atoms with van der Waals surface area (Å²) in [5, 5.41) is 3.64. The van der Waals surface area contributed by atoms with Crippen molar-refractivity contribution in [3.63, 3.8) is 0 Å². The Kier molecular flexibility index (Phi) is 4.56. The van der Waals surface area contributed by atoms with E-state index in [4.69, 9.17) is 4.74 Å². The summed E-state index contributed by atoms with van der Waals surface area (Å²) >= 11 is 1.58. The largest absolute Gasteiger partial charge is 0.495 e. The topological polar surface area (TPSA) is 51.2 Å². The molecule has 0 atom stereocenters. The molecule has 1 amide bonds. The Morgan fingerprint density at radius 3 is 2.70 bits per heavy atom. The number of amides is 1. The van der Waals surface area contributed by atoms with Crippen molar-refractivity contribution in [3.05, 3.63) is 78.1 Å². The van der Waals surface area contributed by atoms with Crippen molar-refractivity contribution in [1.82, 2.24) is 4.98 Å². The summed E-state index contributed by atoms with van der Waals surface area (Å²) in [5.74, 6) is -0.350. The predicted molar refractivity (Wildman–Crippen MR) is 106 cm³/mol. The molecule has 0 bridgehead atoms. The van der Waals surface area contributed by atoms with Crippen molar-refractivity contribution in [2.45, 2.75) is 0 Å². The maximum Gasteiger partial charge on any atom is 0.255 e. The number of benzene rings is 3. The van der Waals surface area contributed by atoms with Crippen molar-refractivity contribution in [2.75, 3.05) is 12.4 Å². The summed E-state index contributed by atoms with van der Waals surface area (Å²) < 4.78 is 19.8. The molecule has 4 rings (SSSR count). The van der Waals surface area contributed by atoms with Gasteiger partial charge in [0.2, 0.25) is 0 Å². The van der Waals surface area contributed by atoms with Gasteiger partial charge in [-0.05, 0) is 48.5 Å². The molecular weight excluding hydrogens is 363 g/mol. The van der Waals surface area contributed by atoms with Crippen LogP contribution in [0.5, 0.6) is 5.75 Å². The van der Waals surface area contributed by atoms with E-state index in [1.807, 2.05) is 36.4 Å². The standard InChI is InChI=1S/C21H15FN2O2S/c1-26-18-10-9-14(21-24-16-7-2-3-8-19(16)27-21)12-17(18)23-20(25)13-5-4-6-15(22)11-13/h2-12H,1H3,(H,23,25). The monoisotopic (exact) mass is 378 g/mol. The van der Waals surface area contributed by atoms with Crippen molar-refractivity contribution >= 4 is 33.1 Å². The lowest BCUT2D eigenvalue weighted by Crippen LogP contribution is -2.13. The van der Waals surface area contributed by atoms with E-state index in [-0.39, 0.29) is 5.56 Å². The van der Waals surface area contributed by atoms with Gasteiger partial charge in [-0.1, -0.05) is 18.2 Å². The highest BCUT2D eigenvalue weighted by molar-refractivity contribution is 7.21. The lowest BCUT2D eigenvalue weighted by Gasteiger charge is -2.11. The number of carbonyl (C=O) groups is 1. The van der Waals surface area contributed by atoms with E-state index in [0.29, 0.717) is 11.4 Å². The number of anilines is 1. The zero-order chi connectivity index (χ0) is 18.8. The highest BCUT2D eigenvalue weighted by Crippen LogP contribution is 2.35. The maximum absolute atomic E-state index is 13.4. The predicted octanol–water partition coefficient (Wildman–Crippen LogP) is 5.36. The van der Waals surface area contributed by atoms with Crippen LogP contribution >= 0.6 is 11.3 Å². The fraction of sp³-hybridized carbons (Fsp3) is 0.0476. The third-order valence-electron chi connectivity index (χ3n) is 4.08. The lowest BCUT2D eigenvalue weighted by molar-refractivity contribution is 0.102. The molecule has 0 unspecified atom stereocenters. The minimum Gasteiger partial charge on any atom is -0.495 e. The third-order valence-corrected chi connectivity index (χ3v) is 5.16. The van der Waals surface area contributed by atoms with E-state index >= 15 is 0 Å². The number of nitrogens with one attached hydrogen (secondary N) is 1. The fourth-order valence-corrected chi connectivity index (χ4v) is 3.72. The van der Waals surface area contributed by atoms with Crippen molar-refractivity contribution in [2.24, 2.45) is 0 Å². The fourth-order valence-electron chi connectivity index (χ4n) is 2.76. The van der Waals surface area contributed by atoms with Crippen molar-refractivity contribution in [3.8, 4) is 16.3 Å². The van der Waals surface area contributed by atoms with Gasteiger partial charge >= 0.3 is 0 Å². The molecule has 0 aliphatic heterocycles. The number of methoxy groups -OCH3 is 1. The second-order valence-corrected chi connectivity index (χ2v) is 6.90. The smallest absolute Gasteiger partial charge is 0.255 e. The number of thiazole rings is 1. The van der Waals surface area contributed by atoms with Gasteiger partial charge in [0.1, 0.15) is 16.6 Å². The quantitative estimate of drug-likeness (QED) is 0.520. The Hall–Kier alpha value is -3.25. The first kappa shape index (κ1) is 17.2. The van der Waals surface area contributed by atoms with Gasteiger partial charge in [-0.2, -0.15) is 0 Å². The molecule has 1 aromatic heterocycles. The first-order valence-corrected chi connectivity index (χ1v) is 9.06. The van der Waals surface area contributed by atoms with E-state index in [1.54, 1.807) is 23.5 Å². The molecule has 3 aromatic carbocycles. The van der Waals surface area contributed by atoms with Gasteiger partial charge in [0.25, 0.3) is 5.91 Å². The number of para-hydroxylation sites is 1. The number of ether oxygens (including phenoxy) is 1. The van der Waals surface area contributed by atoms with Gasteiger partial charge in [-0.3, -0.25) is 4.79 Å². The minimum absolute atomic E-state index is 0.238. The number of aromatic nitrogens is 1. The summed E-state index contributed by atoms with van der Waals surface area (Å²) in [6, 6.07) is 18.9. The maximum atomic E-state index is 13.4. The molecule has 4 nitrogen and oxygen atoms in total. The van der Waals surface area contributed by atoms with E-state index < -0.39 is 11.7 Å². The van der Waals surface area contributed by atoms with Crippen molar-refractivity contribution < 1.29 is 13.9 Å². The van der Waals surface area contributed by atoms with E-state index in [9.17, 15) is 9.18 Å². The molecular formula is C21H15FN2O2S. The number of fused-ring (bicyclic) bond motifs is 1. The number of rotatable bonds is 4. The molecule has 4 aromatic rings. The van der Waals surface area contributed by atoms with Gasteiger partial charge in [0, 0.05) is 11.1 Å². The molecule has 0 saturated carbocycles. The summed E-state index contributed by atoms with van der Waals surface area (Å²) in [4.78, 5) is 17.1. The van der Waals surface area contributed by atoms with Crippen LogP contribution in [-0.2, 0) is 0 Å². The number of hydrogen-bond donors (Lipinski definition) is 1. The van der Waals surface area contributed by atoms with Crippen LogP contribution in [0.4, 0.5) is 10.1 Å². The number of hydrogen-bond acceptors (Lipinski definition) is 4. The third kappa shape index (κ3) is 3.52. The molecule has 0 saturated heterocycles. The van der Waals surface area contributed by atoms with Crippen LogP contribution in [0.2, 0.25) is 0 Å². The molecule has 0 aliphatic rings. The number of carbonyl (C=O) groups excluding carboxylic acids is 1. The molecule has 0 fully saturated rings. The second kappa shape index (κ2) is 7.17. The lowest BCUT2D eigenvalue weighted by atomic mass is 10.1. The van der Waals surface area contributed by atoms with Crippen LogP contribution < -0.4 is 10.1 Å². The Labute approximate surface area is 159 Å². The normalized spacial score (nSPS) is 10.7. The summed E-state index contributed by atoms with van der Waals surface area (Å²) in [6.45, 7) is 0. The Balaban J connectivity index is 1.69. The van der Waals surface area contributed by atoms with Crippen LogP contribution in [0, 0.1) is 5.82 Å². The number of nitrogens with zero attached hydrogens (tertiary/aromatic N) is 1. The number of halogens is 1. The molecule has 0 radical (unpaired) electrons. The van der Waals surface area contributed by atoms with Crippen LogP contribution in [0.25, 0.3) is 20.8 Å². The molecule has 1 heterocycles. The molecule has 0 spiro atoms. The minimum atomic E-state index is -0.460. The molecule has 27 heavy (non-hydrogen) atoms. The van der Waals surface area contributed by atoms with Crippen LogP contribution in [0.3, 0.4) is 0 Å². The average Bonchev–Trinajstić information content (AvgIpc) is 3.12. The summed E-state index contributed by atoms with van der Waals surface area (Å²) in [6.07, 6.45) is 0. The molecule has 1 N–H and O–H groups in total. The Morgan fingerprint density at radius 2 is 1.93 bits per heavy atom. The molecule has 6 heteroatoms. The zero-order valence-electron chi connectivity index (χ0n) is 14.4. The Bertz CT molecular complexity index is 1110. The van der Waals surface area contributed by atoms with Crippen LogP contribution in [0.15, 0.2) is 66.7 Å².